The average Bonchev–Trinajstić information content (AvgIpc) is 2.97. The van der Waals surface area contributed by atoms with Crippen molar-refractivity contribution in [1.82, 2.24) is 10.3 Å². The van der Waals surface area contributed by atoms with Gasteiger partial charge in [0.05, 0.1) is 23.7 Å². The van der Waals surface area contributed by atoms with Crippen LogP contribution in [0.3, 0.4) is 0 Å². The van der Waals surface area contributed by atoms with Crippen molar-refractivity contribution in [2.45, 2.75) is 19.5 Å². The largest absolute Gasteiger partial charge is 0.350 e. The van der Waals surface area contributed by atoms with E-state index in [4.69, 9.17) is 5.73 Å². The molecule has 7 heteroatoms. The molecule has 2 unspecified atom stereocenters. The van der Waals surface area contributed by atoms with E-state index in [1.165, 1.54) is 11.3 Å². The fraction of sp³-hybridized carbons (Fsp3) is 0.286. The Balaban J connectivity index is 0.00000200. The Labute approximate surface area is 141 Å². The molecule has 2 atom stereocenters. The summed E-state index contributed by atoms with van der Waals surface area (Å²) in [6.07, 6.45) is 0. The van der Waals surface area contributed by atoms with E-state index in [0.717, 1.165) is 11.3 Å². The van der Waals surface area contributed by atoms with Crippen LogP contribution in [0.4, 0.5) is 0 Å². The molecule has 0 radical (unpaired) electrons. The van der Waals surface area contributed by atoms with Crippen molar-refractivity contribution in [3.05, 3.63) is 52.5 Å². The normalized spacial score (nSPS) is 12.5. The van der Waals surface area contributed by atoms with E-state index < -0.39 is 0 Å². The number of hydrogen-bond acceptors (Lipinski definition) is 4. The lowest BCUT2D eigenvalue weighted by Crippen LogP contribution is -2.35. The Morgan fingerprint density at radius 3 is 2.57 bits per heavy atom. The monoisotopic (exact) mass is 347 g/mol. The maximum atomic E-state index is 12.0. The van der Waals surface area contributed by atoms with Crippen molar-refractivity contribution in [1.29, 1.82) is 0 Å². The van der Waals surface area contributed by atoms with Crippen LogP contribution >= 0.6 is 36.2 Å². The van der Waals surface area contributed by atoms with Crippen molar-refractivity contribution in [3.63, 3.8) is 0 Å². The number of hydrogen-bond donors (Lipinski definition) is 2. The van der Waals surface area contributed by atoms with Gasteiger partial charge in [0, 0.05) is 11.4 Å². The molecule has 2 aromatic rings. The number of thiazole rings is 1. The van der Waals surface area contributed by atoms with Gasteiger partial charge in [0.1, 0.15) is 0 Å². The zero-order valence-electron chi connectivity index (χ0n) is 11.6. The summed E-state index contributed by atoms with van der Waals surface area (Å²) in [7, 11) is 0. The maximum absolute atomic E-state index is 12.0. The van der Waals surface area contributed by atoms with E-state index in [1.54, 1.807) is 5.51 Å². The Morgan fingerprint density at radius 2 is 2.00 bits per heavy atom. The first kappa shape index (κ1) is 19.9. The van der Waals surface area contributed by atoms with E-state index in [2.05, 4.69) is 10.3 Å². The van der Waals surface area contributed by atoms with Gasteiger partial charge in [-0.25, -0.2) is 4.98 Å². The first-order valence-corrected chi connectivity index (χ1v) is 7.08. The maximum Gasteiger partial charge on any atom is 0.225 e. The molecule has 21 heavy (non-hydrogen) atoms. The molecule has 1 aromatic heterocycles. The molecule has 116 valence electrons. The smallest absolute Gasteiger partial charge is 0.225 e. The fourth-order valence-corrected chi connectivity index (χ4v) is 2.35. The zero-order valence-corrected chi connectivity index (χ0v) is 14.0. The lowest BCUT2D eigenvalue weighted by molar-refractivity contribution is -0.125. The molecule has 0 aliphatic rings. The molecule has 0 fully saturated rings. The van der Waals surface area contributed by atoms with Gasteiger partial charge in [0.15, 0.2) is 0 Å². The summed E-state index contributed by atoms with van der Waals surface area (Å²) < 4.78 is 0. The van der Waals surface area contributed by atoms with Crippen LogP contribution in [0.5, 0.6) is 0 Å². The molecule has 1 amide bonds. The fourth-order valence-electron chi connectivity index (χ4n) is 1.79. The van der Waals surface area contributed by atoms with Gasteiger partial charge in [0.2, 0.25) is 5.91 Å². The van der Waals surface area contributed by atoms with Gasteiger partial charge in [0.25, 0.3) is 0 Å². The number of nitrogens with zero attached hydrogens (tertiary/aromatic N) is 1. The summed E-state index contributed by atoms with van der Waals surface area (Å²) in [6.45, 7) is 2.29. The summed E-state index contributed by atoms with van der Waals surface area (Å²) in [5.41, 5.74) is 9.71. The SMILES string of the molecule is CC(C(=O)NCc1cscn1)C(N)c1ccccc1.Cl.Cl. The minimum Gasteiger partial charge on any atom is -0.350 e. The molecule has 2 rings (SSSR count). The number of benzene rings is 1. The van der Waals surface area contributed by atoms with Crippen LogP contribution in [0.1, 0.15) is 24.2 Å². The van der Waals surface area contributed by atoms with E-state index in [9.17, 15) is 4.79 Å². The lowest BCUT2D eigenvalue weighted by atomic mass is 9.95. The summed E-state index contributed by atoms with van der Waals surface area (Å²) in [5, 5.41) is 4.78. The lowest BCUT2D eigenvalue weighted by Gasteiger charge is -2.19. The highest BCUT2D eigenvalue weighted by Gasteiger charge is 2.21. The number of nitrogens with two attached hydrogens (primary N) is 1. The molecule has 0 spiro atoms. The predicted octanol–water partition coefficient (Wildman–Crippen LogP) is 2.94. The Hall–Kier alpha value is -1.14. The quantitative estimate of drug-likeness (QED) is 0.873. The molecule has 1 aromatic carbocycles. The molecular formula is C14H19Cl2N3OS. The van der Waals surface area contributed by atoms with Crippen molar-refractivity contribution in [2.24, 2.45) is 11.7 Å². The third kappa shape index (κ3) is 5.63. The first-order valence-electron chi connectivity index (χ1n) is 6.14. The number of rotatable bonds is 5. The van der Waals surface area contributed by atoms with Gasteiger partial charge in [-0.15, -0.1) is 36.2 Å². The minimum absolute atomic E-state index is 0. The topological polar surface area (TPSA) is 68.0 Å². The molecule has 0 saturated heterocycles. The predicted molar refractivity (Wildman–Crippen MR) is 91.0 cm³/mol. The molecular weight excluding hydrogens is 329 g/mol. The zero-order chi connectivity index (χ0) is 13.7. The second kappa shape index (κ2) is 9.73. The van der Waals surface area contributed by atoms with Crippen molar-refractivity contribution >= 4 is 42.1 Å². The van der Waals surface area contributed by atoms with E-state index in [0.29, 0.717) is 6.54 Å². The number of halogens is 2. The van der Waals surface area contributed by atoms with Crippen LogP contribution in [0.15, 0.2) is 41.2 Å². The van der Waals surface area contributed by atoms with Crippen molar-refractivity contribution < 1.29 is 4.79 Å². The molecule has 0 aliphatic heterocycles. The van der Waals surface area contributed by atoms with E-state index in [1.807, 2.05) is 42.6 Å². The number of carbonyl (C=O) groups is 1. The van der Waals surface area contributed by atoms with Crippen LogP contribution in [0, 0.1) is 5.92 Å². The van der Waals surface area contributed by atoms with Crippen LogP contribution in [0.25, 0.3) is 0 Å². The van der Waals surface area contributed by atoms with Gasteiger partial charge < -0.3 is 11.1 Å². The number of carbonyl (C=O) groups excluding carboxylic acids is 1. The number of amides is 1. The first-order chi connectivity index (χ1) is 9.18. The summed E-state index contributed by atoms with van der Waals surface area (Å²) >= 11 is 1.52. The Bertz CT molecular complexity index is 522. The Kier molecular flexibility index (Phi) is 9.21. The third-order valence-electron chi connectivity index (χ3n) is 3.06. The van der Waals surface area contributed by atoms with Crippen molar-refractivity contribution in [2.75, 3.05) is 0 Å². The van der Waals surface area contributed by atoms with Gasteiger partial charge >= 0.3 is 0 Å². The second-order valence-corrected chi connectivity index (χ2v) is 5.14. The highest BCUT2D eigenvalue weighted by molar-refractivity contribution is 7.07. The summed E-state index contributed by atoms with van der Waals surface area (Å²) in [4.78, 5) is 16.2. The van der Waals surface area contributed by atoms with Gasteiger partial charge in [-0.2, -0.15) is 0 Å². The molecule has 0 saturated carbocycles. The summed E-state index contributed by atoms with van der Waals surface area (Å²) in [5.74, 6) is -0.328. The van der Waals surface area contributed by atoms with Crippen LogP contribution in [-0.4, -0.2) is 10.9 Å². The van der Waals surface area contributed by atoms with Crippen LogP contribution in [0.2, 0.25) is 0 Å². The highest BCUT2D eigenvalue weighted by atomic mass is 35.5. The Morgan fingerprint density at radius 1 is 1.33 bits per heavy atom. The second-order valence-electron chi connectivity index (χ2n) is 4.42. The van der Waals surface area contributed by atoms with E-state index in [-0.39, 0.29) is 42.7 Å². The standard InChI is InChI=1S/C14H17N3OS.2ClH/c1-10(13(15)11-5-3-2-4-6-11)14(18)16-7-12-8-19-9-17-12;;/h2-6,8-10,13H,7,15H2,1H3,(H,16,18);2*1H. The molecule has 1 heterocycles. The van der Waals surface area contributed by atoms with Crippen LogP contribution < -0.4 is 11.1 Å². The van der Waals surface area contributed by atoms with Gasteiger partial charge in [-0.3, -0.25) is 4.79 Å². The third-order valence-corrected chi connectivity index (χ3v) is 3.70. The van der Waals surface area contributed by atoms with E-state index >= 15 is 0 Å². The number of nitrogens with one attached hydrogen (secondary N) is 1. The molecule has 0 bridgehead atoms. The van der Waals surface area contributed by atoms with Crippen molar-refractivity contribution in [3.8, 4) is 0 Å². The minimum atomic E-state index is -0.295. The molecule has 3 N–H and O–H groups in total. The van der Waals surface area contributed by atoms with Crippen LogP contribution in [-0.2, 0) is 11.3 Å². The average molecular weight is 348 g/mol. The summed E-state index contributed by atoms with van der Waals surface area (Å²) in [6, 6.07) is 9.37. The van der Waals surface area contributed by atoms with Gasteiger partial charge in [-0.05, 0) is 5.56 Å². The molecule has 0 aliphatic carbocycles. The number of aromatic nitrogens is 1. The highest BCUT2D eigenvalue weighted by Crippen LogP contribution is 2.19. The molecule has 4 nitrogen and oxygen atoms in total. The van der Waals surface area contributed by atoms with Gasteiger partial charge in [-0.1, -0.05) is 37.3 Å².